The van der Waals surface area contributed by atoms with Gasteiger partial charge in [0, 0.05) is 19.1 Å². The van der Waals surface area contributed by atoms with E-state index in [-0.39, 0.29) is 0 Å². The van der Waals surface area contributed by atoms with Crippen LogP contribution in [0.4, 0.5) is 0 Å². The molecule has 0 unspecified atom stereocenters. The summed E-state index contributed by atoms with van der Waals surface area (Å²) in [7, 11) is 0. The van der Waals surface area contributed by atoms with Crippen molar-refractivity contribution in [1.82, 2.24) is 9.80 Å². The van der Waals surface area contributed by atoms with E-state index in [0.717, 1.165) is 12.6 Å². The van der Waals surface area contributed by atoms with Crippen molar-refractivity contribution >= 4 is 0 Å². The lowest BCUT2D eigenvalue weighted by molar-refractivity contribution is 0.159. The third-order valence-electron chi connectivity index (χ3n) is 4.64. The van der Waals surface area contributed by atoms with Crippen LogP contribution in [0.1, 0.15) is 51.4 Å². The number of rotatable bonds is 5. The smallest absolute Gasteiger partial charge is 0.0112 e. The van der Waals surface area contributed by atoms with E-state index in [1.165, 1.54) is 84.1 Å². The second-order valence-electron chi connectivity index (χ2n) is 6.02. The van der Waals surface area contributed by atoms with Crippen LogP contribution in [-0.4, -0.2) is 55.1 Å². The van der Waals surface area contributed by atoms with E-state index in [4.69, 9.17) is 5.73 Å². The maximum absolute atomic E-state index is 5.57. The first kappa shape index (κ1) is 14.3. The molecule has 0 aromatic heterocycles. The molecule has 0 radical (unpaired) electrons. The summed E-state index contributed by atoms with van der Waals surface area (Å²) in [5.41, 5.74) is 5.57. The molecule has 0 spiro atoms. The van der Waals surface area contributed by atoms with Crippen LogP contribution in [0.15, 0.2) is 0 Å². The molecule has 18 heavy (non-hydrogen) atoms. The summed E-state index contributed by atoms with van der Waals surface area (Å²) in [6.45, 7) is 7.32. The summed E-state index contributed by atoms with van der Waals surface area (Å²) < 4.78 is 0. The largest absolute Gasteiger partial charge is 0.330 e. The van der Waals surface area contributed by atoms with E-state index < -0.39 is 0 Å². The van der Waals surface area contributed by atoms with Crippen molar-refractivity contribution in [1.29, 1.82) is 0 Å². The second-order valence-corrected chi connectivity index (χ2v) is 6.02. The number of hydrogen-bond donors (Lipinski definition) is 1. The van der Waals surface area contributed by atoms with Crippen LogP contribution in [0.5, 0.6) is 0 Å². The van der Waals surface area contributed by atoms with Crippen molar-refractivity contribution in [3.63, 3.8) is 0 Å². The van der Waals surface area contributed by atoms with E-state index in [1.54, 1.807) is 0 Å². The molecule has 1 aliphatic carbocycles. The van der Waals surface area contributed by atoms with Gasteiger partial charge >= 0.3 is 0 Å². The number of nitrogens with two attached hydrogens (primary N) is 1. The highest BCUT2D eigenvalue weighted by molar-refractivity contribution is 4.79. The Morgan fingerprint density at radius 2 is 1.67 bits per heavy atom. The Morgan fingerprint density at radius 1 is 0.833 bits per heavy atom. The van der Waals surface area contributed by atoms with Crippen LogP contribution in [0.3, 0.4) is 0 Å². The SMILES string of the molecule is NCCCCN1CCCN(C2CCCCC2)CC1. The average molecular weight is 253 g/mol. The minimum atomic E-state index is 0.849. The maximum atomic E-state index is 5.57. The number of nitrogens with zero attached hydrogens (tertiary/aromatic N) is 2. The highest BCUT2D eigenvalue weighted by atomic mass is 15.2. The highest BCUT2D eigenvalue weighted by Gasteiger charge is 2.23. The van der Waals surface area contributed by atoms with Gasteiger partial charge in [-0.05, 0) is 58.3 Å². The summed E-state index contributed by atoms with van der Waals surface area (Å²) in [6, 6.07) is 0.905. The quantitative estimate of drug-likeness (QED) is 0.761. The molecule has 0 aromatic carbocycles. The summed E-state index contributed by atoms with van der Waals surface area (Å²) in [6.07, 6.45) is 11.1. The Bertz CT molecular complexity index is 214. The first-order valence-electron chi connectivity index (χ1n) is 8.06. The lowest BCUT2D eigenvalue weighted by Gasteiger charge is -2.33. The lowest BCUT2D eigenvalue weighted by Crippen LogP contribution is -2.39. The normalized spacial score (nSPS) is 25.2. The molecule has 3 nitrogen and oxygen atoms in total. The zero-order valence-electron chi connectivity index (χ0n) is 11.9. The van der Waals surface area contributed by atoms with E-state index >= 15 is 0 Å². The minimum absolute atomic E-state index is 0.849. The molecule has 1 saturated carbocycles. The Labute approximate surface area is 113 Å². The molecule has 1 heterocycles. The van der Waals surface area contributed by atoms with Crippen molar-refractivity contribution in [3.8, 4) is 0 Å². The highest BCUT2D eigenvalue weighted by Crippen LogP contribution is 2.23. The number of unbranched alkanes of at least 4 members (excludes halogenated alkanes) is 1. The van der Waals surface area contributed by atoms with Crippen LogP contribution in [-0.2, 0) is 0 Å². The van der Waals surface area contributed by atoms with Crippen LogP contribution < -0.4 is 5.73 Å². The Morgan fingerprint density at radius 3 is 2.44 bits per heavy atom. The monoisotopic (exact) mass is 253 g/mol. The molecule has 106 valence electrons. The zero-order valence-corrected chi connectivity index (χ0v) is 11.9. The van der Waals surface area contributed by atoms with Crippen molar-refractivity contribution < 1.29 is 0 Å². The van der Waals surface area contributed by atoms with Gasteiger partial charge in [-0.3, -0.25) is 4.90 Å². The van der Waals surface area contributed by atoms with E-state index in [1.807, 2.05) is 0 Å². The summed E-state index contributed by atoms with van der Waals surface area (Å²) in [5, 5.41) is 0. The predicted octanol–water partition coefficient (Wildman–Crippen LogP) is 2.07. The molecular formula is C15H31N3. The molecule has 1 saturated heterocycles. The van der Waals surface area contributed by atoms with Gasteiger partial charge in [0.15, 0.2) is 0 Å². The lowest BCUT2D eigenvalue weighted by atomic mass is 9.94. The Hall–Kier alpha value is -0.120. The first-order chi connectivity index (χ1) is 8.90. The van der Waals surface area contributed by atoms with Gasteiger partial charge in [0.05, 0.1) is 0 Å². The van der Waals surface area contributed by atoms with Crippen molar-refractivity contribution in [3.05, 3.63) is 0 Å². The maximum Gasteiger partial charge on any atom is 0.0112 e. The van der Waals surface area contributed by atoms with Crippen molar-refractivity contribution in [2.24, 2.45) is 5.73 Å². The van der Waals surface area contributed by atoms with Crippen molar-refractivity contribution in [2.45, 2.75) is 57.4 Å². The van der Waals surface area contributed by atoms with Gasteiger partial charge in [-0.2, -0.15) is 0 Å². The van der Waals surface area contributed by atoms with Crippen LogP contribution in [0.25, 0.3) is 0 Å². The molecule has 3 heteroatoms. The third-order valence-corrected chi connectivity index (χ3v) is 4.64. The molecule has 2 N–H and O–H groups in total. The fourth-order valence-electron chi connectivity index (χ4n) is 3.51. The molecular weight excluding hydrogens is 222 g/mol. The van der Waals surface area contributed by atoms with Gasteiger partial charge in [-0.25, -0.2) is 0 Å². The summed E-state index contributed by atoms with van der Waals surface area (Å²) >= 11 is 0. The molecule has 0 bridgehead atoms. The van der Waals surface area contributed by atoms with Gasteiger partial charge < -0.3 is 10.6 Å². The van der Waals surface area contributed by atoms with Crippen LogP contribution >= 0.6 is 0 Å². The van der Waals surface area contributed by atoms with Gasteiger partial charge in [-0.1, -0.05) is 19.3 Å². The summed E-state index contributed by atoms with van der Waals surface area (Å²) in [4.78, 5) is 5.43. The van der Waals surface area contributed by atoms with Gasteiger partial charge in [0.25, 0.3) is 0 Å². The fraction of sp³-hybridized carbons (Fsp3) is 1.00. The molecule has 0 aromatic rings. The van der Waals surface area contributed by atoms with E-state index in [2.05, 4.69) is 9.80 Å². The predicted molar refractivity (Wildman–Crippen MR) is 77.8 cm³/mol. The van der Waals surface area contributed by atoms with Crippen molar-refractivity contribution in [2.75, 3.05) is 39.3 Å². The van der Waals surface area contributed by atoms with Crippen LogP contribution in [0.2, 0.25) is 0 Å². The summed E-state index contributed by atoms with van der Waals surface area (Å²) in [5.74, 6) is 0. The average Bonchev–Trinajstić information content (AvgIpc) is 2.66. The van der Waals surface area contributed by atoms with Crippen LogP contribution in [0, 0.1) is 0 Å². The topological polar surface area (TPSA) is 32.5 Å². The molecule has 2 rings (SSSR count). The van der Waals surface area contributed by atoms with E-state index in [0.29, 0.717) is 0 Å². The number of hydrogen-bond acceptors (Lipinski definition) is 3. The Kier molecular flexibility index (Phi) is 6.46. The fourth-order valence-corrected chi connectivity index (χ4v) is 3.51. The molecule has 0 atom stereocenters. The molecule has 2 fully saturated rings. The Balaban J connectivity index is 1.70. The van der Waals surface area contributed by atoms with Gasteiger partial charge in [0.2, 0.25) is 0 Å². The third kappa shape index (κ3) is 4.52. The van der Waals surface area contributed by atoms with E-state index in [9.17, 15) is 0 Å². The van der Waals surface area contributed by atoms with Gasteiger partial charge in [-0.15, -0.1) is 0 Å². The molecule has 1 aliphatic heterocycles. The molecule has 2 aliphatic rings. The minimum Gasteiger partial charge on any atom is -0.330 e. The standard InChI is InChI=1S/C15H31N3/c16-9-4-5-10-17-11-6-12-18(14-13-17)15-7-2-1-3-8-15/h15H,1-14,16H2. The zero-order chi connectivity index (χ0) is 12.6. The second kappa shape index (κ2) is 8.13. The first-order valence-corrected chi connectivity index (χ1v) is 8.06. The van der Waals surface area contributed by atoms with Gasteiger partial charge in [0.1, 0.15) is 0 Å². The molecule has 0 amide bonds.